The van der Waals surface area contributed by atoms with Gasteiger partial charge in [0.05, 0.1) is 5.71 Å². The first-order chi connectivity index (χ1) is 6.16. The van der Waals surface area contributed by atoms with Gasteiger partial charge in [0.25, 0.3) is 5.91 Å². The van der Waals surface area contributed by atoms with Crippen LogP contribution >= 0.6 is 15.9 Å². The summed E-state index contributed by atoms with van der Waals surface area (Å²) in [7, 11) is 0. The number of allylic oxidation sites excluding steroid dienone is 5. The lowest BCUT2D eigenvalue weighted by Crippen LogP contribution is -2.14. The van der Waals surface area contributed by atoms with Gasteiger partial charge >= 0.3 is 0 Å². The second-order valence-corrected chi connectivity index (χ2v) is 3.57. The minimum absolute atomic E-state index is 0.319. The van der Waals surface area contributed by atoms with E-state index in [-0.39, 0.29) is 5.91 Å². The average molecular weight is 242 g/mol. The van der Waals surface area contributed by atoms with Gasteiger partial charge in [-0.1, -0.05) is 0 Å². The van der Waals surface area contributed by atoms with Gasteiger partial charge in [0.2, 0.25) is 0 Å². The van der Waals surface area contributed by atoms with Gasteiger partial charge in [-0.15, -0.1) is 0 Å². The molecule has 2 nitrogen and oxygen atoms in total. The van der Waals surface area contributed by atoms with Crippen LogP contribution in [0.1, 0.15) is 0 Å². The second-order valence-electron chi connectivity index (χ2n) is 2.71. The van der Waals surface area contributed by atoms with E-state index in [1.54, 1.807) is 0 Å². The molecule has 0 aromatic carbocycles. The number of rotatable bonds is 0. The Morgan fingerprint density at radius 1 is 1.54 bits per heavy atom. The molecule has 0 spiro atoms. The molecule has 1 aliphatic carbocycles. The van der Waals surface area contributed by atoms with E-state index in [0.29, 0.717) is 15.8 Å². The summed E-state index contributed by atoms with van der Waals surface area (Å²) < 4.78 is 13.5. The Morgan fingerprint density at radius 3 is 3.08 bits per heavy atom. The van der Waals surface area contributed by atoms with E-state index < -0.39 is 6.17 Å². The first kappa shape index (κ1) is 8.56. The summed E-state index contributed by atoms with van der Waals surface area (Å²) in [6.07, 6.45) is 4.54. The molecule has 0 aromatic rings. The number of hydrogen-bond donors (Lipinski definition) is 0. The number of carbonyl (C=O) groups is 1. The first-order valence-electron chi connectivity index (χ1n) is 3.71. The third kappa shape index (κ3) is 1.54. The summed E-state index contributed by atoms with van der Waals surface area (Å²) in [5, 5.41) is 0. The molecule has 0 radical (unpaired) electrons. The number of amides is 1. The summed E-state index contributed by atoms with van der Waals surface area (Å²) in [4.78, 5) is 14.7. The van der Waals surface area contributed by atoms with Crippen LogP contribution in [0.2, 0.25) is 0 Å². The van der Waals surface area contributed by atoms with Crippen LogP contribution in [0.15, 0.2) is 39.4 Å². The maximum absolute atomic E-state index is 12.9. The fraction of sp³-hybridized carbons (Fsp3) is 0.111. The van der Waals surface area contributed by atoms with Crippen LogP contribution in [0.4, 0.5) is 4.39 Å². The van der Waals surface area contributed by atoms with Crippen molar-refractivity contribution in [3.05, 3.63) is 34.4 Å². The third-order valence-corrected chi connectivity index (χ3v) is 2.43. The van der Waals surface area contributed by atoms with E-state index in [0.717, 1.165) is 0 Å². The molecule has 0 saturated carbocycles. The monoisotopic (exact) mass is 241 g/mol. The molecule has 1 amide bonds. The van der Waals surface area contributed by atoms with Crippen molar-refractivity contribution in [2.45, 2.75) is 6.17 Å². The normalized spacial score (nSPS) is 26.2. The van der Waals surface area contributed by atoms with E-state index in [4.69, 9.17) is 0 Å². The Labute approximate surface area is 82.7 Å². The maximum atomic E-state index is 12.9. The molecule has 0 fully saturated rings. The Morgan fingerprint density at radius 2 is 2.31 bits per heavy atom. The zero-order chi connectivity index (χ0) is 9.42. The fourth-order valence-corrected chi connectivity index (χ4v) is 1.74. The summed E-state index contributed by atoms with van der Waals surface area (Å²) in [5.74, 6) is -0.319. The van der Waals surface area contributed by atoms with E-state index in [9.17, 15) is 9.18 Å². The highest BCUT2D eigenvalue weighted by Gasteiger charge is 2.20. The van der Waals surface area contributed by atoms with Crippen LogP contribution in [-0.2, 0) is 4.79 Å². The van der Waals surface area contributed by atoms with Crippen molar-refractivity contribution in [2.75, 3.05) is 0 Å². The molecule has 0 N–H and O–H groups in total. The molecule has 1 heterocycles. The van der Waals surface area contributed by atoms with E-state index >= 15 is 0 Å². The number of halogens is 2. The number of carbonyl (C=O) groups excluding carboxylic acids is 1. The minimum Gasteiger partial charge on any atom is -0.267 e. The van der Waals surface area contributed by atoms with E-state index in [1.807, 2.05) is 0 Å². The molecule has 0 aromatic heterocycles. The van der Waals surface area contributed by atoms with E-state index in [2.05, 4.69) is 20.9 Å². The number of dihydropyridines is 1. The highest BCUT2D eigenvalue weighted by molar-refractivity contribution is 9.12. The Kier molecular flexibility index (Phi) is 2.00. The Hall–Kier alpha value is -1.03. The summed E-state index contributed by atoms with van der Waals surface area (Å²) in [5.41, 5.74) is 1.17. The minimum atomic E-state index is -1.09. The van der Waals surface area contributed by atoms with Crippen LogP contribution in [0.25, 0.3) is 0 Å². The van der Waals surface area contributed by atoms with Crippen LogP contribution in [-0.4, -0.2) is 17.8 Å². The Bertz CT molecular complexity index is 392. The zero-order valence-corrected chi connectivity index (χ0v) is 8.08. The molecule has 2 rings (SSSR count). The van der Waals surface area contributed by atoms with Crippen molar-refractivity contribution in [1.82, 2.24) is 0 Å². The van der Waals surface area contributed by atoms with Crippen molar-refractivity contribution in [2.24, 2.45) is 4.99 Å². The molecular formula is C9H5BrFNO. The molecular weight excluding hydrogens is 237 g/mol. The van der Waals surface area contributed by atoms with Crippen LogP contribution in [0.5, 0.6) is 0 Å². The van der Waals surface area contributed by atoms with Crippen molar-refractivity contribution >= 4 is 27.5 Å². The molecule has 0 saturated heterocycles. The summed E-state index contributed by atoms with van der Waals surface area (Å²) >= 11 is 3.19. The van der Waals surface area contributed by atoms with Crippen molar-refractivity contribution in [1.29, 1.82) is 0 Å². The number of hydrogen-bond acceptors (Lipinski definition) is 1. The van der Waals surface area contributed by atoms with Gasteiger partial charge in [-0.05, 0) is 34.2 Å². The van der Waals surface area contributed by atoms with Crippen molar-refractivity contribution in [3.8, 4) is 0 Å². The van der Waals surface area contributed by atoms with Gasteiger partial charge in [0, 0.05) is 16.1 Å². The maximum Gasteiger partial charge on any atom is 0.271 e. The highest BCUT2D eigenvalue weighted by atomic mass is 79.9. The largest absolute Gasteiger partial charge is 0.271 e. The molecule has 4 heteroatoms. The standard InChI is InChI=1S/C9H5BrFNO/c10-7-4-9(13)12-8-2-1-5(11)3-6(7)8/h1-5H. The summed E-state index contributed by atoms with van der Waals surface area (Å²) in [6, 6.07) is 0. The molecule has 1 unspecified atom stereocenters. The average Bonchev–Trinajstić information content (AvgIpc) is 2.06. The molecule has 1 aliphatic heterocycles. The number of alkyl halides is 1. The van der Waals surface area contributed by atoms with Gasteiger partial charge in [0.1, 0.15) is 6.17 Å². The SMILES string of the molecule is O=C1C=C(Br)C2=CC(F)C=CC2=N1. The quantitative estimate of drug-likeness (QED) is 0.639. The molecule has 1 atom stereocenters. The zero-order valence-electron chi connectivity index (χ0n) is 6.50. The molecule has 13 heavy (non-hydrogen) atoms. The predicted molar refractivity (Wildman–Crippen MR) is 51.6 cm³/mol. The van der Waals surface area contributed by atoms with Gasteiger partial charge in [-0.25, -0.2) is 9.38 Å². The lowest BCUT2D eigenvalue weighted by atomic mass is 10.0. The van der Waals surface area contributed by atoms with Crippen molar-refractivity contribution < 1.29 is 9.18 Å². The molecule has 66 valence electrons. The third-order valence-electron chi connectivity index (χ3n) is 1.78. The van der Waals surface area contributed by atoms with Gasteiger partial charge in [-0.2, -0.15) is 0 Å². The van der Waals surface area contributed by atoms with Gasteiger partial charge in [0.15, 0.2) is 0 Å². The van der Waals surface area contributed by atoms with Gasteiger partial charge < -0.3 is 0 Å². The van der Waals surface area contributed by atoms with Crippen molar-refractivity contribution in [3.63, 3.8) is 0 Å². The second kappa shape index (κ2) is 3.03. The van der Waals surface area contributed by atoms with E-state index in [1.165, 1.54) is 24.3 Å². The lowest BCUT2D eigenvalue weighted by molar-refractivity contribution is -0.113. The topological polar surface area (TPSA) is 29.4 Å². The number of aliphatic imine (C=N–C) groups is 1. The molecule has 0 bridgehead atoms. The van der Waals surface area contributed by atoms with Gasteiger partial charge in [-0.3, -0.25) is 4.79 Å². The molecule has 2 aliphatic rings. The van der Waals surface area contributed by atoms with Crippen LogP contribution in [0.3, 0.4) is 0 Å². The Balaban J connectivity index is 2.48. The smallest absolute Gasteiger partial charge is 0.267 e. The first-order valence-corrected chi connectivity index (χ1v) is 4.51. The highest BCUT2D eigenvalue weighted by Crippen LogP contribution is 2.26. The number of fused-ring (bicyclic) bond motifs is 1. The lowest BCUT2D eigenvalue weighted by Gasteiger charge is -2.15. The number of nitrogens with zero attached hydrogens (tertiary/aromatic N) is 1. The predicted octanol–water partition coefficient (Wildman–Crippen LogP) is 2.08. The fourth-order valence-electron chi connectivity index (χ4n) is 1.21. The van der Waals surface area contributed by atoms with Crippen LogP contribution in [0, 0.1) is 0 Å². The summed E-state index contributed by atoms with van der Waals surface area (Å²) in [6.45, 7) is 0. The van der Waals surface area contributed by atoms with Crippen LogP contribution < -0.4 is 0 Å².